The molecule has 1 aromatic carbocycles. The molecule has 1 N–H and O–H groups in total. The molecule has 1 atom stereocenters. The third-order valence-electron chi connectivity index (χ3n) is 2.92. The van der Waals surface area contributed by atoms with Crippen LogP contribution in [-0.4, -0.2) is 29.3 Å². The lowest BCUT2D eigenvalue weighted by Gasteiger charge is -2.29. The van der Waals surface area contributed by atoms with E-state index in [9.17, 15) is 14.0 Å². The minimum atomic E-state index is -0.558. The zero-order chi connectivity index (χ0) is 14.0. The lowest BCUT2D eigenvalue weighted by atomic mass is 10.1. The van der Waals surface area contributed by atoms with Crippen LogP contribution in [-0.2, 0) is 16.1 Å². The van der Waals surface area contributed by atoms with Crippen LogP contribution >= 0.6 is 0 Å². The molecule has 6 heteroatoms. The first-order valence-corrected chi connectivity index (χ1v) is 5.78. The van der Waals surface area contributed by atoms with Gasteiger partial charge < -0.3 is 0 Å². The summed E-state index contributed by atoms with van der Waals surface area (Å²) in [7, 11) is 0. The highest BCUT2D eigenvalue weighted by Gasteiger charge is 2.31. The maximum absolute atomic E-state index is 13.3. The second-order valence-electron chi connectivity index (χ2n) is 4.38. The van der Waals surface area contributed by atoms with Crippen molar-refractivity contribution in [1.29, 1.82) is 5.26 Å². The fourth-order valence-electron chi connectivity index (χ4n) is 1.93. The molecular weight excluding hydrogens is 249 g/mol. The molecule has 0 saturated carbocycles. The van der Waals surface area contributed by atoms with Gasteiger partial charge in [-0.1, -0.05) is 0 Å². The number of carbonyl (C=O) groups is 2. The summed E-state index contributed by atoms with van der Waals surface area (Å²) in [5.41, 5.74) is 0.588. The van der Waals surface area contributed by atoms with Gasteiger partial charge in [-0.3, -0.25) is 19.8 Å². The van der Waals surface area contributed by atoms with Gasteiger partial charge >= 0.3 is 0 Å². The summed E-state index contributed by atoms with van der Waals surface area (Å²) in [6, 6.07) is 5.18. The summed E-state index contributed by atoms with van der Waals surface area (Å²) in [5, 5.41) is 11.5. The van der Waals surface area contributed by atoms with Crippen molar-refractivity contribution in [1.82, 2.24) is 10.2 Å². The molecule has 5 nitrogen and oxygen atoms in total. The monoisotopic (exact) mass is 261 g/mol. The number of imide groups is 1. The van der Waals surface area contributed by atoms with E-state index in [0.717, 1.165) is 11.0 Å². The van der Waals surface area contributed by atoms with Crippen molar-refractivity contribution in [2.75, 3.05) is 6.54 Å². The lowest BCUT2D eigenvalue weighted by Crippen LogP contribution is -2.56. The number of rotatable bonds is 2. The molecule has 0 bridgehead atoms. The van der Waals surface area contributed by atoms with Gasteiger partial charge in [0.1, 0.15) is 5.82 Å². The number of amides is 2. The van der Waals surface area contributed by atoms with Crippen molar-refractivity contribution in [2.45, 2.75) is 19.5 Å². The van der Waals surface area contributed by atoms with Crippen molar-refractivity contribution in [2.24, 2.45) is 0 Å². The van der Waals surface area contributed by atoms with E-state index in [4.69, 9.17) is 5.26 Å². The molecule has 0 radical (unpaired) electrons. The molecule has 1 aliphatic heterocycles. The number of hydrogen-bond acceptors (Lipinski definition) is 4. The second kappa shape index (κ2) is 5.16. The van der Waals surface area contributed by atoms with Crippen molar-refractivity contribution in [3.63, 3.8) is 0 Å². The minimum absolute atomic E-state index is 0.0177. The van der Waals surface area contributed by atoms with Crippen LogP contribution < -0.4 is 5.32 Å². The number of carbonyl (C=O) groups excluding carboxylic acids is 2. The van der Waals surface area contributed by atoms with Crippen LogP contribution in [0.2, 0.25) is 0 Å². The molecule has 0 aromatic heterocycles. The van der Waals surface area contributed by atoms with Crippen LogP contribution in [0.1, 0.15) is 18.1 Å². The quantitative estimate of drug-likeness (QED) is 0.789. The molecule has 1 saturated heterocycles. The second-order valence-corrected chi connectivity index (χ2v) is 4.38. The molecule has 2 rings (SSSR count). The summed E-state index contributed by atoms with van der Waals surface area (Å²) in [4.78, 5) is 24.6. The third kappa shape index (κ3) is 2.77. The molecule has 2 amide bonds. The third-order valence-corrected chi connectivity index (χ3v) is 2.92. The van der Waals surface area contributed by atoms with Crippen molar-refractivity contribution >= 4 is 11.8 Å². The highest BCUT2D eigenvalue weighted by atomic mass is 19.1. The van der Waals surface area contributed by atoms with Crippen LogP contribution in [0.15, 0.2) is 18.2 Å². The Kier molecular flexibility index (Phi) is 3.58. The van der Waals surface area contributed by atoms with Crippen LogP contribution in [0.5, 0.6) is 0 Å². The van der Waals surface area contributed by atoms with E-state index in [1.807, 2.05) is 6.07 Å². The topological polar surface area (TPSA) is 73.2 Å². The zero-order valence-electron chi connectivity index (χ0n) is 10.3. The Morgan fingerprint density at radius 3 is 2.89 bits per heavy atom. The molecule has 0 spiro atoms. The van der Waals surface area contributed by atoms with Crippen LogP contribution in [0, 0.1) is 17.1 Å². The molecule has 0 aliphatic carbocycles. The van der Waals surface area contributed by atoms with Gasteiger partial charge in [-0.05, 0) is 30.7 Å². The Hall–Kier alpha value is -2.26. The molecule has 1 aliphatic rings. The van der Waals surface area contributed by atoms with Gasteiger partial charge in [-0.15, -0.1) is 0 Å². The summed E-state index contributed by atoms with van der Waals surface area (Å²) < 4.78 is 13.3. The van der Waals surface area contributed by atoms with E-state index >= 15 is 0 Å². The summed E-state index contributed by atoms with van der Waals surface area (Å²) in [6.07, 6.45) is 0. The van der Waals surface area contributed by atoms with E-state index in [-0.39, 0.29) is 30.5 Å². The first kappa shape index (κ1) is 13.2. The Morgan fingerprint density at radius 1 is 1.47 bits per heavy atom. The Bertz CT molecular complexity index is 580. The first-order chi connectivity index (χ1) is 9.01. The standard InChI is InChI=1S/C13H12FN3O2/c1-8-13(19)17(12(18)6-16-8)7-10-2-9(5-15)3-11(14)4-10/h2-4,8,16H,6-7H2,1H3. The highest BCUT2D eigenvalue weighted by molar-refractivity contribution is 6.00. The molecule has 19 heavy (non-hydrogen) atoms. The van der Waals surface area contributed by atoms with E-state index in [2.05, 4.69) is 5.32 Å². The van der Waals surface area contributed by atoms with Gasteiger partial charge in [0.15, 0.2) is 0 Å². The van der Waals surface area contributed by atoms with E-state index in [0.29, 0.717) is 5.56 Å². The fraction of sp³-hybridized carbons (Fsp3) is 0.308. The maximum atomic E-state index is 13.3. The summed E-state index contributed by atoms with van der Waals surface area (Å²) in [5.74, 6) is -1.26. The van der Waals surface area contributed by atoms with Gasteiger partial charge in [0.25, 0.3) is 0 Å². The number of hydrogen-bond donors (Lipinski definition) is 1. The molecule has 1 fully saturated rings. The SMILES string of the molecule is CC1NCC(=O)N(Cc2cc(F)cc(C#N)c2)C1=O. The van der Waals surface area contributed by atoms with Gasteiger partial charge in [0.2, 0.25) is 11.8 Å². The summed E-state index contributed by atoms with van der Waals surface area (Å²) in [6.45, 7) is 1.72. The van der Waals surface area contributed by atoms with Crippen LogP contribution in [0.3, 0.4) is 0 Å². The largest absolute Gasteiger partial charge is 0.298 e. The van der Waals surface area contributed by atoms with Gasteiger partial charge in [-0.2, -0.15) is 5.26 Å². The predicted molar refractivity (Wildman–Crippen MR) is 64.1 cm³/mol. The van der Waals surface area contributed by atoms with E-state index in [1.165, 1.54) is 12.1 Å². The van der Waals surface area contributed by atoms with E-state index in [1.54, 1.807) is 6.92 Å². The van der Waals surface area contributed by atoms with Gasteiger partial charge in [-0.25, -0.2) is 4.39 Å². The molecule has 98 valence electrons. The van der Waals surface area contributed by atoms with E-state index < -0.39 is 11.9 Å². The number of piperazine rings is 1. The van der Waals surface area contributed by atoms with Gasteiger partial charge in [0, 0.05) is 0 Å². The average Bonchev–Trinajstić information content (AvgIpc) is 2.38. The number of benzene rings is 1. The Balaban J connectivity index is 2.25. The van der Waals surface area contributed by atoms with Crippen LogP contribution in [0.25, 0.3) is 0 Å². The first-order valence-electron chi connectivity index (χ1n) is 5.78. The predicted octanol–water partition coefficient (Wildman–Crippen LogP) is 0.544. The normalized spacial score (nSPS) is 19.4. The number of nitrogens with one attached hydrogen (secondary N) is 1. The zero-order valence-corrected chi connectivity index (χ0v) is 10.3. The Labute approximate surface area is 109 Å². The van der Waals surface area contributed by atoms with Crippen molar-refractivity contribution in [3.05, 3.63) is 35.1 Å². The molecule has 1 unspecified atom stereocenters. The number of halogens is 1. The van der Waals surface area contributed by atoms with Crippen molar-refractivity contribution in [3.8, 4) is 6.07 Å². The molecule has 1 aromatic rings. The summed E-state index contributed by atoms with van der Waals surface area (Å²) >= 11 is 0. The minimum Gasteiger partial charge on any atom is -0.298 e. The highest BCUT2D eigenvalue weighted by Crippen LogP contribution is 2.13. The smallest absolute Gasteiger partial charge is 0.246 e. The molecular formula is C13H12FN3O2. The molecule has 1 heterocycles. The lowest BCUT2D eigenvalue weighted by molar-refractivity contribution is -0.149. The fourth-order valence-corrected chi connectivity index (χ4v) is 1.93. The Morgan fingerprint density at radius 2 is 2.21 bits per heavy atom. The number of nitriles is 1. The van der Waals surface area contributed by atoms with Crippen LogP contribution in [0.4, 0.5) is 4.39 Å². The van der Waals surface area contributed by atoms with Crippen molar-refractivity contribution < 1.29 is 14.0 Å². The van der Waals surface area contributed by atoms with Gasteiger partial charge in [0.05, 0.1) is 30.8 Å². The maximum Gasteiger partial charge on any atom is 0.246 e. The average molecular weight is 261 g/mol. The number of nitrogens with zero attached hydrogens (tertiary/aromatic N) is 2.